The molecule has 20 heavy (non-hydrogen) atoms. The summed E-state index contributed by atoms with van der Waals surface area (Å²) in [4.78, 5) is 15.7. The van der Waals surface area contributed by atoms with Gasteiger partial charge in [0.25, 0.3) is 5.91 Å². The van der Waals surface area contributed by atoms with Crippen LogP contribution in [0.4, 0.5) is 5.82 Å². The van der Waals surface area contributed by atoms with Crippen molar-refractivity contribution in [2.75, 3.05) is 38.9 Å². The maximum atomic E-state index is 11.8. The lowest BCUT2D eigenvalue weighted by Crippen LogP contribution is -2.25. The Morgan fingerprint density at radius 1 is 1.45 bits per heavy atom. The van der Waals surface area contributed by atoms with Gasteiger partial charge in [0, 0.05) is 26.5 Å². The number of amides is 1. The van der Waals surface area contributed by atoms with Gasteiger partial charge in [-0.3, -0.25) is 4.79 Å². The van der Waals surface area contributed by atoms with Gasteiger partial charge in [-0.25, -0.2) is 10.8 Å². The van der Waals surface area contributed by atoms with Gasteiger partial charge in [0.15, 0.2) is 5.82 Å². The van der Waals surface area contributed by atoms with Crippen molar-refractivity contribution in [1.29, 1.82) is 0 Å². The van der Waals surface area contributed by atoms with Crippen molar-refractivity contribution in [3.8, 4) is 0 Å². The van der Waals surface area contributed by atoms with Gasteiger partial charge in [-0.2, -0.15) is 0 Å². The Hall–Kier alpha value is -1.41. The molecule has 1 amide bonds. The Bertz CT molecular complexity index is 431. The number of rotatable bonds is 9. The number of hydrogen-bond donors (Lipinski definition) is 3. The summed E-state index contributed by atoms with van der Waals surface area (Å²) < 4.78 is 10.1. The van der Waals surface area contributed by atoms with E-state index in [-0.39, 0.29) is 5.91 Å². The van der Waals surface area contributed by atoms with Crippen molar-refractivity contribution >= 4 is 23.3 Å². The van der Waals surface area contributed by atoms with Crippen LogP contribution in [0.5, 0.6) is 0 Å². The fourth-order valence-corrected chi connectivity index (χ4v) is 1.61. The number of methoxy groups -OCH3 is 1. The van der Waals surface area contributed by atoms with Crippen molar-refractivity contribution < 1.29 is 14.3 Å². The second-order valence-electron chi connectivity index (χ2n) is 3.91. The summed E-state index contributed by atoms with van der Waals surface area (Å²) in [6.45, 7) is 2.20. The minimum Gasteiger partial charge on any atom is -0.382 e. The largest absolute Gasteiger partial charge is 0.382 e. The second kappa shape index (κ2) is 9.49. The highest BCUT2D eigenvalue weighted by Gasteiger charge is 2.08. The first-order chi connectivity index (χ1) is 9.69. The van der Waals surface area contributed by atoms with E-state index in [1.807, 2.05) is 0 Å². The number of carbonyl (C=O) groups is 1. The zero-order chi connectivity index (χ0) is 14.8. The molecule has 7 nitrogen and oxygen atoms in total. The van der Waals surface area contributed by atoms with E-state index in [1.54, 1.807) is 7.11 Å². The van der Waals surface area contributed by atoms with Gasteiger partial charge >= 0.3 is 0 Å². The van der Waals surface area contributed by atoms with Gasteiger partial charge in [0.05, 0.1) is 23.8 Å². The molecule has 8 heteroatoms. The van der Waals surface area contributed by atoms with E-state index in [1.165, 1.54) is 12.3 Å². The normalized spacial score (nSPS) is 10.3. The van der Waals surface area contributed by atoms with E-state index in [4.69, 9.17) is 26.9 Å². The quantitative estimate of drug-likeness (QED) is 0.355. The maximum Gasteiger partial charge on any atom is 0.252 e. The molecule has 0 bridgehead atoms. The summed E-state index contributed by atoms with van der Waals surface area (Å²) in [5.74, 6) is 5.30. The Morgan fingerprint density at radius 2 is 2.25 bits per heavy atom. The number of carbonyl (C=O) groups excluding carboxylic acids is 1. The highest BCUT2D eigenvalue weighted by molar-refractivity contribution is 6.33. The molecule has 0 radical (unpaired) electrons. The number of aromatic nitrogens is 1. The molecule has 0 fully saturated rings. The predicted octanol–water partition coefficient (Wildman–Crippen LogP) is 0.803. The van der Waals surface area contributed by atoms with E-state index in [9.17, 15) is 4.79 Å². The molecule has 0 saturated carbocycles. The minimum absolute atomic E-state index is 0.236. The van der Waals surface area contributed by atoms with E-state index in [0.29, 0.717) is 42.8 Å². The zero-order valence-electron chi connectivity index (χ0n) is 11.3. The molecule has 0 atom stereocenters. The van der Waals surface area contributed by atoms with Crippen LogP contribution in [-0.2, 0) is 9.47 Å². The van der Waals surface area contributed by atoms with Gasteiger partial charge in [-0.15, -0.1) is 0 Å². The maximum absolute atomic E-state index is 11.8. The van der Waals surface area contributed by atoms with E-state index >= 15 is 0 Å². The number of hydrogen-bond acceptors (Lipinski definition) is 6. The lowest BCUT2D eigenvalue weighted by Gasteiger charge is -2.07. The van der Waals surface area contributed by atoms with Gasteiger partial charge in [-0.05, 0) is 12.5 Å². The highest BCUT2D eigenvalue weighted by Crippen LogP contribution is 2.18. The summed E-state index contributed by atoms with van der Waals surface area (Å²) in [7, 11) is 1.62. The predicted molar refractivity (Wildman–Crippen MR) is 76.7 cm³/mol. The molecule has 112 valence electrons. The lowest BCUT2D eigenvalue weighted by atomic mass is 10.2. The Balaban J connectivity index is 2.27. The molecule has 1 heterocycles. The van der Waals surface area contributed by atoms with Crippen LogP contribution in [0.2, 0.25) is 5.02 Å². The van der Waals surface area contributed by atoms with Crippen molar-refractivity contribution in [2.45, 2.75) is 6.42 Å². The van der Waals surface area contributed by atoms with Gasteiger partial charge in [0.1, 0.15) is 0 Å². The fourth-order valence-electron chi connectivity index (χ4n) is 1.39. The van der Waals surface area contributed by atoms with Crippen molar-refractivity contribution in [1.82, 2.24) is 10.3 Å². The molecule has 0 saturated heterocycles. The standard InChI is InChI=1S/C12H19ClN4O3/c1-19-5-6-20-4-2-3-15-12(18)9-7-10(13)11(17-14)16-8-9/h7-8H,2-6,14H2,1H3,(H,15,18)(H,16,17). The van der Waals surface area contributed by atoms with Gasteiger partial charge in [-0.1, -0.05) is 11.6 Å². The summed E-state index contributed by atoms with van der Waals surface area (Å²) in [5, 5.41) is 3.05. The van der Waals surface area contributed by atoms with Crippen molar-refractivity contribution in [3.63, 3.8) is 0 Å². The highest BCUT2D eigenvalue weighted by atomic mass is 35.5. The number of halogens is 1. The number of anilines is 1. The number of hydrazine groups is 1. The van der Waals surface area contributed by atoms with E-state index in [2.05, 4.69) is 15.7 Å². The molecule has 4 N–H and O–H groups in total. The molecule has 0 unspecified atom stereocenters. The average molecular weight is 303 g/mol. The summed E-state index contributed by atoms with van der Waals surface area (Å²) in [6.07, 6.45) is 2.13. The molecule has 0 aromatic carbocycles. The zero-order valence-corrected chi connectivity index (χ0v) is 12.1. The third-order valence-electron chi connectivity index (χ3n) is 2.42. The molecule has 1 aromatic heterocycles. The van der Waals surface area contributed by atoms with Crippen LogP contribution in [0, 0.1) is 0 Å². The third-order valence-corrected chi connectivity index (χ3v) is 2.71. The number of nitrogens with one attached hydrogen (secondary N) is 2. The first-order valence-electron chi connectivity index (χ1n) is 6.16. The van der Waals surface area contributed by atoms with E-state index in [0.717, 1.165) is 6.42 Å². The van der Waals surface area contributed by atoms with Crippen LogP contribution in [0.1, 0.15) is 16.8 Å². The van der Waals surface area contributed by atoms with E-state index < -0.39 is 0 Å². The first kappa shape index (κ1) is 16.6. The molecule has 1 rings (SSSR count). The number of nitrogens with zero attached hydrogens (tertiary/aromatic N) is 1. The monoisotopic (exact) mass is 302 g/mol. The van der Waals surface area contributed by atoms with Gasteiger partial charge < -0.3 is 20.2 Å². The molecule has 0 aliphatic carbocycles. The number of nitrogens with two attached hydrogens (primary N) is 1. The van der Waals surface area contributed by atoms with Gasteiger partial charge in [0.2, 0.25) is 0 Å². The number of nitrogen functional groups attached to an aromatic ring is 1. The average Bonchev–Trinajstić information content (AvgIpc) is 2.46. The molecule has 0 aliphatic rings. The fraction of sp³-hybridized carbons (Fsp3) is 0.500. The van der Waals surface area contributed by atoms with Crippen LogP contribution in [0.25, 0.3) is 0 Å². The van der Waals surface area contributed by atoms with Crippen molar-refractivity contribution in [2.24, 2.45) is 5.84 Å². The third kappa shape index (κ3) is 5.70. The smallest absolute Gasteiger partial charge is 0.252 e. The summed E-state index contributed by atoms with van der Waals surface area (Å²) in [5.41, 5.74) is 2.72. The molecular weight excluding hydrogens is 284 g/mol. The van der Waals surface area contributed by atoms with Crippen molar-refractivity contribution in [3.05, 3.63) is 22.8 Å². The molecule has 0 aliphatic heterocycles. The van der Waals surface area contributed by atoms with Crippen LogP contribution in [0.3, 0.4) is 0 Å². The molecule has 0 spiro atoms. The molecule has 1 aromatic rings. The Kier molecular flexibility index (Phi) is 7.89. The SMILES string of the molecule is COCCOCCCNC(=O)c1cnc(NN)c(Cl)c1. The summed E-state index contributed by atoms with van der Waals surface area (Å²) >= 11 is 5.89. The Labute approximate surface area is 122 Å². The van der Waals surface area contributed by atoms with Crippen LogP contribution < -0.4 is 16.6 Å². The van der Waals surface area contributed by atoms with Crippen LogP contribution >= 0.6 is 11.6 Å². The lowest BCUT2D eigenvalue weighted by molar-refractivity contribution is 0.0688. The number of pyridine rings is 1. The second-order valence-corrected chi connectivity index (χ2v) is 4.32. The Morgan fingerprint density at radius 3 is 2.90 bits per heavy atom. The summed E-state index contributed by atoms with van der Waals surface area (Å²) in [6, 6.07) is 1.51. The first-order valence-corrected chi connectivity index (χ1v) is 6.54. The topological polar surface area (TPSA) is 98.5 Å². The molecular formula is C12H19ClN4O3. The van der Waals surface area contributed by atoms with Crippen LogP contribution in [0.15, 0.2) is 12.3 Å². The minimum atomic E-state index is -0.236. The van der Waals surface area contributed by atoms with Crippen LogP contribution in [-0.4, -0.2) is 44.4 Å². The number of ether oxygens (including phenoxy) is 2.